The zero-order valence-electron chi connectivity index (χ0n) is 12.1. The van der Waals surface area contributed by atoms with E-state index in [-0.39, 0.29) is 5.75 Å². The molecule has 0 amide bonds. The van der Waals surface area contributed by atoms with Crippen LogP contribution in [0.15, 0.2) is 18.2 Å². The summed E-state index contributed by atoms with van der Waals surface area (Å²) in [6.07, 6.45) is 4.01. The Balaban J connectivity index is 1.93. The molecule has 1 unspecified atom stereocenters. The van der Waals surface area contributed by atoms with Gasteiger partial charge in [0.1, 0.15) is 5.75 Å². The molecule has 7 heteroatoms. The van der Waals surface area contributed by atoms with Crippen molar-refractivity contribution in [3.63, 3.8) is 0 Å². The lowest BCUT2D eigenvalue weighted by atomic mass is 10.0. The Labute approximate surface area is 131 Å². The molecule has 1 aliphatic heterocycles. The highest BCUT2D eigenvalue weighted by molar-refractivity contribution is 7.92. The van der Waals surface area contributed by atoms with Gasteiger partial charge in [0.05, 0.1) is 23.6 Å². The first-order valence-corrected chi connectivity index (χ1v) is 9.10. The number of benzene rings is 1. The van der Waals surface area contributed by atoms with E-state index in [1.54, 1.807) is 18.2 Å². The minimum Gasteiger partial charge on any atom is -0.495 e. The van der Waals surface area contributed by atoms with Crippen LogP contribution in [0, 0.1) is 0 Å². The summed E-state index contributed by atoms with van der Waals surface area (Å²) in [5.41, 5.74) is 0.466. The number of rotatable bonds is 6. The standard InChI is InChI=1S/C14H21ClN2O3S/c1-20-14-10-12(5-6-13(14)15)17-21(18,19)9-7-11-4-2-3-8-16-11/h5-6,10-11,16-17H,2-4,7-9H2,1H3. The van der Waals surface area contributed by atoms with Crippen molar-refractivity contribution in [2.45, 2.75) is 31.7 Å². The lowest BCUT2D eigenvalue weighted by Gasteiger charge is -2.23. The molecule has 21 heavy (non-hydrogen) atoms. The molecule has 1 saturated heterocycles. The Morgan fingerprint density at radius 1 is 1.43 bits per heavy atom. The van der Waals surface area contributed by atoms with Gasteiger partial charge in [-0.2, -0.15) is 0 Å². The zero-order valence-corrected chi connectivity index (χ0v) is 13.6. The second-order valence-corrected chi connectivity index (χ2v) is 7.45. The Hall–Kier alpha value is -0.980. The fourth-order valence-corrected chi connectivity index (χ4v) is 3.80. The first kappa shape index (κ1) is 16.4. The predicted molar refractivity (Wildman–Crippen MR) is 85.7 cm³/mol. The number of halogens is 1. The first-order valence-electron chi connectivity index (χ1n) is 7.07. The van der Waals surface area contributed by atoms with E-state index < -0.39 is 10.0 Å². The number of sulfonamides is 1. The van der Waals surface area contributed by atoms with E-state index in [1.807, 2.05) is 0 Å². The van der Waals surface area contributed by atoms with Gasteiger partial charge in [0, 0.05) is 12.1 Å². The van der Waals surface area contributed by atoms with E-state index in [4.69, 9.17) is 16.3 Å². The molecule has 1 aliphatic rings. The number of hydrogen-bond donors (Lipinski definition) is 2. The van der Waals surface area contributed by atoms with Crippen molar-refractivity contribution in [3.8, 4) is 5.75 Å². The maximum atomic E-state index is 12.1. The molecule has 0 spiro atoms. The molecule has 0 radical (unpaired) electrons. The van der Waals surface area contributed by atoms with E-state index in [0.717, 1.165) is 13.0 Å². The predicted octanol–water partition coefficient (Wildman–Crippen LogP) is 2.62. The number of methoxy groups -OCH3 is 1. The van der Waals surface area contributed by atoms with Gasteiger partial charge in [-0.25, -0.2) is 8.42 Å². The molecule has 118 valence electrons. The normalized spacial score (nSPS) is 19.2. The van der Waals surface area contributed by atoms with Crippen molar-refractivity contribution in [2.75, 3.05) is 24.1 Å². The van der Waals surface area contributed by atoms with Crippen LogP contribution in [0.25, 0.3) is 0 Å². The maximum Gasteiger partial charge on any atom is 0.232 e. The third kappa shape index (κ3) is 5.05. The lowest BCUT2D eigenvalue weighted by Crippen LogP contribution is -2.36. The lowest BCUT2D eigenvalue weighted by molar-refractivity contribution is 0.393. The van der Waals surface area contributed by atoms with Crippen molar-refractivity contribution < 1.29 is 13.2 Å². The van der Waals surface area contributed by atoms with Crippen LogP contribution in [0.4, 0.5) is 5.69 Å². The molecule has 0 bridgehead atoms. The van der Waals surface area contributed by atoms with E-state index in [1.165, 1.54) is 20.0 Å². The van der Waals surface area contributed by atoms with Gasteiger partial charge < -0.3 is 10.1 Å². The van der Waals surface area contributed by atoms with Crippen LogP contribution in [-0.4, -0.2) is 33.9 Å². The number of hydrogen-bond acceptors (Lipinski definition) is 4. The van der Waals surface area contributed by atoms with Gasteiger partial charge >= 0.3 is 0 Å². The maximum absolute atomic E-state index is 12.1. The molecule has 1 aromatic carbocycles. The van der Waals surface area contributed by atoms with Crippen LogP contribution in [0.2, 0.25) is 5.02 Å². The van der Waals surface area contributed by atoms with Crippen LogP contribution in [-0.2, 0) is 10.0 Å². The first-order chi connectivity index (χ1) is 10.00. The highest BCUT2D eigenvalue weighted by Crippen LogP contribution is 2.27. The summed E-state index contributed by atoms with van der Waals surface area (Å²) in [7, 11) is -1.87. The van der Waals surface area contributed by atoms with Gasteiger partial charge in [-0.05, 0) is 37.9 Å². The molecule has 5 nitrogen and oxygen atoms in total. The average molecular weight is 333 g/mol. The molecule has 0 saturated carbocycles. The minimum absolute atomic E-state index is 0.107. The molecule has 0 aromatic heterocycles. The summed E-state index contributed by atoms with van der Waals surface area (Å²) in [6.45, 7) is 0.979. The van der Waals surface area contributed by atoms with Gasteiger partial charge in [-0.15, -0.1) is 0 Å². The van der Waals surface area contributed by atoms with E-state index >= 15 is 0 Å². The molecule has 1 atom stereocenters. The number of piperidine rings is 1. The highest BCUT2D eigenvalue weighted by Gasteiger charge is 2.17. The van der Waals surface area contributed by atoms with Crippen molar-refractivity contribution in [1.82, 2.24) is 5.32 Å². The summed E-state index contributed by atoms with van der Waals surface area (Å²) in [5, 5.41) is 3.80. The van der Waals surface area contributed by atoms with Crippen LogP contribution >= 0.6 is 11.6 Å². The van der Waals surface area contributed by atoms with Crippen molar-refractivity contribution in [2.24, 2.45) is 0 Å². The largest absolute Gasteiger partial charge is 0.495 e. The molecule has 1 heterocycles. The van der Waals surface area contributed by atoms with Gasteiger partial charge in [0.15, 0.2) is 0 Å². The van der Waals surface area contributed by atoms with Crippen molar-refractivity contribution >= 4 is 27.3 Å². The second kappa shape index (κ2) is 7.33. The summed E-state index contributed by atoms with van der Waals surface area (Å²) in [5.74, 6) is 0.557. The molecule has 1 aromatic rings. The highest BCUT2D eigenvalue weighted by atomic mass is 35.5. The summed E-state index contributed by atoms with van der Waals surface area (Å²) in [6, 6.07) is 5.12. The van der Waals surface area contributed by atoms with Crippen molar-refractivity contribution in [3.05, 3.63) is 23.2 Å². The van der Waals surface area contributed by atoms with Crippen LogP contribution in [0.5, 0.6) is 5.75 Å². The van der Waals surface area contributed by atoms with Gasteiger partial charge in [-0.3, -0.25) is 4.72 Å². The monoisotopic (exact) mass is 332 g/mol. The topological polar surface area (TPSA) is 67.4 Å². The Morgan fingerprint density at radius 2 is 2.24 bits per heavy atom. The smallest absolute Gasteiger partial charge is 0.232 e. The third-order valence-electron chi connectivity index (χ3n) is 3.57. The van der Waals surface area contributed by atoms with Gasteiger partial charge in [0.2, 0.25) is 10.0 Å². The van der Waals surface area contributed by atoms with Crippen molar-refractivity contribution in [1.29, 1.82) is 0 Å². The fraction of sp³-hybridized carbons (Fsp3) is 0.571. The minimum atomic E-state index is -3.36. The van der Waals surface area contributed by atoms with Crippen LogP contribution in [0.3, 0.4) is 0 Å². The molecule has 2 rings (SSSR count). The third-order valence-corrected chi connectivity index (χ3v) is 5.20. The second-order valence-electron chi connectivity index (χ2n) is 5.21. The molecule has 0 aliphatic carbocycles. The number of nitrogens with one attached hydrogen (secondary N) is 2. The van der Waals surface area contributed by atoms with Gasteiger partial charge in [0.25, 0.3) is 0 Å². The average Bonchev–Trinajstić information content (AvgIpc) is 2.48. The number of ether oxygens (including phenoxy) is 1. The summed E-state index contributed by atoms with van der Waals surface area (Å²) < 4.78 is 31.9. The fourth-order valence-electron chi connectivity index (χ4n) is 2.42. The van der Waals surface area contributed by atoms with E-state index in [2.05, 4.69) is 10.0 Å². The van der Waals surface area contributed by atoms with Gasteiger partial charge in [-0.1, -0.05) is 18.0 Å². The Bertz CT molecular complexity index is 572. The SMILES string of the molecule is COc1cc(NS(=O)(=O)CCC2CCCCN2)ccc1Cl. The van der Waals surface area contributed by atoms with E-state index in [0.29, 0.717) is 28.9 Å². The Kier molecular flexibility index (Phi) is 5.72. The quantitative estimate of drug-likeness (QED) is 0.840. The molecule has 2 N–H and O–H groups in total. The van der Waals surface area contributed by atoms with Crippen LogP contribution in [0.1, 0.15) is 25.7 Å². The summed E-state index contributed by atoms with van der Waals surface area (Å²) >= 11 is 5.92. The molecular formula is C14H21ClN2O3S. The zero-order chi connectivity index (χ0) is 15.3. The number of anilines is 1. The molecular weight excluding hydrogens is 312 g/mol. The summed E-state index contributed by atoms with van der Waals surface area (Å²) in [4.78, 5) is 0. The molecule has 1 fully saturated rings. The Morgan fingerprint density at radius 3 is 2.90 bits per heavy atom. The van der Waals surface area contributed by atoms with E-state index in [9.17, 15) is 8.42 Å². The van der Waals surface area contributed by atoms with Crippen LogP contribution < -0.4 is 14.8 Å².